The van der Waals surface area contributed by atoms with Crippen LogP contribution in [0.5, 0.6) is 0 Å². The third-order valence-corrected chi connectivity index (χ3v) is 12.8. The van der Waals surface area contributed by atoms with Gasteiger partial charge in [-0.05, 0) is 111 Å². The summed E-state index contributed by atoms with van der Waals surface area (Å²) >= 11 is 0. The second-order valence-electron chi connectivity index (χ2n) is 17.7. The third kappa shape index (κ3) is 10.2. The minimum Gasteiger partial charge on any atom is -0.453 e. The number of hydrogen-bond donors (Lipinski definition) is 4. The largest absolute Gasteiger partial charge is 0.453 e. The number of aromatic amines is 2. The predicted molar refractivity (Wildman–Crippen MR) is 234 cm³/mol. The van der Waals surface area contributed by atoms with Gasteiger partial charge < -0.3 is 39.9 Å². The number of aromatic nitrogens is 4. The van der Waals surface area contributed by atoms with E-state index in [0.29, 0.717) is 48.0 Å². The number of nitrogens with one attached hydrogen (secondary N) is 4. The van der Waals surface area contributed by atoms with Gasteiger partial charge in [0.15, 0.2) is 0 Å². The normalized spacial score (nSPS) is 23.0. The molecule has 4 bridgehead atoms. The van der Waals surface area contributed by atoms with Gasteiger partial charge in [-0.1, -0.05) is 63.3 Å². The number of methoxy groups -OCH3 is 2. The Labute approximate surface area is 364 Å². The fourth-order valence-corrected chi connectivity index (χ4v) is 9.26. The Balaban J connectivity index is 1.02. The summed E-state index contributed by atoms with van der Waals surface area (Å²) in [4.78, 5) is 71.0. The van der Waals surface area contributed by atoms with Gasteiger partial charge in [-0.25, -0.2) is 19.6 Å². The lowest BCUT2D eigenvalue weighted by molar-refractivity contribution is -0.136. The summed E-state index contributed by atoms with van der Waals surface area (Å²) in [6, 6.07) is -1.81. The minimum absolute atomic E-state index is 0.106. The minimum atomic E-state index is -0.690. The van der Waals surface area contributed by atoms with Crippen LogP contribution in [0.4, 0.5) is 9.59 Å². The molecule has 4 N–H and O–H groups in total. The number of ether oxygens (including phenoxy) is 2. The van der Waals surface area contributed by atoms with Crippen LogP contribution >= 0.6 is 0 Å². The molecule has 14 heteroatoms. The van der Waals surface area contributed by atoms with Crippen LogP contribution in [0.2, 0.25) is 0 Å². The summed E-state index contributed by atoms with van der Waals surface area (Å²) in [7, 11) is 2.59. The van der Waals surface area contributed by atoms with Crippen molar-refractivity contribution in [1.82, 2.24) is 40.4 Å². The molecule has 8 aliphatic rings. The number of likely N-dealkylation sites (tertiary alicyclic amines) is 2. The van der Waals surface area contributed by atoms with Gasteiger partial charge in [0.2, 0.25) is 11.8 Å². The summed E-state index contributed by atoms with van der Waals surface area (Å²) in [5.74, 6) is 15.4. The lowest BCUT2D eigenvalue weighted by Crippen LogP contribution is -2.51. The molecule has 14 nitrogen and oxygen atoms in total. The van der Waals surface area contributed by atoms with E-state index in [4.69, 9.17) is 9.47 Å². The van der Waals surface area contributed by atoms with Gasteiger partial charge in [0, 0.05) is 24.2 Å². The first-order valence-electron chi connectivity index (χ1n) is 22.2. The predicted octanol–water partition coefficient (Wildman–Crippen LogP) is 6.94. The number of carbonyl (C=O) groups is 4. The first-order valence-corrected chi connectivity index (χ1v) is 22.2. The zero-order valence-electron chi connectivity index (χ0n) is 36.8. The molecule has 4 heterocycles. The fourth-order valence-electron chi connectivity index (χ4n) is 9.26. The molecule has 328 valence electrons. The van der Waals surface area contributed by atoms with Crippen molar-refractivity contribution in [3.8, 4) is 23.7 Å². The summed E-state index contributed by atoms with van der Waals surface area (Å²) < 4.78 is 9.56. The van der Waals surface area contributed by atoms with Crippen LogP contribution in [0, 0.1) is 47.4 Å². The highest BCUT2D eigenvalue weighted by Crippen LogP contribution is 2.38. The first kappa shape index (κ1) is 44.0. The molecular weight excluding hydrogens is 785 g/mol. The number of rotatable bonds is 8. The van der Waals surface area contributed by atoms with Crippen LogP contribution in [0.15, 0.2) is 59.0 Å². The highest BCUT2D eigenvalue weighted by molar-refractivity contribution is 5.87. The van der Waals surface area contributed by atoms with E-state index in [2.05, 4.69) is 78.6 Å². The topological polar surface area (TPSA) is 175 Å². The van der Waals surface area contributed by atoms with E-state index in [0.717, 1.165) is 75.4 Å². The molecular formula is C48H60N8O6. The Morgan fingerprint density at radius 3 is 1.87 bits per heavy atom. The van der Waals surface area contributed by atoms with E-state index in [1.807, 2.05) is 37.5 Å². The molecule has 2 aliphatic heterocycles. The number of hydrogen-bond acceptors (Lipinski definition) is 8. The number of amides is 4. The zero-order chi connectivity index (χ0) is 43.9. The molecule has 2 aromatic rings. The van der Waals surface area contributed by atoms with E-state index in [1.165, 1.54) is 25.4 Å². The second kappa shape index (κ2) is 19.8. The molecule has 0 radical (unpaired) electrons. The van der Waals surface area contributed by atoms with E-state index in [-0.39, 0.29) is 35.7 Å². The Morgan fingerprint density at radius 1 is 0.758 bits per heavy atom. The van der Waals surface area contributed by atoms with Crippen molar-refractivity contribution in [3.63, 3.8) is 0 Å². The molecule has 0 aromatic carbocycles. The van der Waals surface area contributed by atoms with Crippen molar-refractivity contribution in [2.45, 2.75) is 116 Å². The van der Waals surface area contributed by atoms with Crippen LogP contribution in [-0.4, -0.2) is 93.1 Å². The number of H-pyrrole nitrogens is 2. The van der Waals surface area contributed by atoms with Gasteiger partial charge in [-0.3, -0.25) is 9.59 Å². The van der Waals surface area contributed by atoms with Gasteiger partial charge in [0.25, 0.3) is 0 Å². The molecule has 0 saturated carbocycles. The molecule has 4 amide bonds. The van der Waals surface area contributed by atoms with Crippen molar-refractivity contribution < 1.29 is 28.7 Å². The van der Waals surface area contributed by atoms with Gasteiger partial charge in [0.1, 0.15) is 35.1 Å². The van der Waals surface area contributed by atoms with E-state index >= 15 is 0 Å². The molecule has 0 spiro atoms. The molecule has 2 aromatic heterocycles. The van der Waals surface area contributed by atoms with Crippen LogP contribution in [0.1, 0.15) is 127 Å². The molecule has 62 heavy (non-hydrogen) atoms. The number of alkyl carbamates (subject to hydrolysis) is 2. The lowest BCUT2D eigenvalue weighted by atomic mass is 9.78. The second-order valence-corrected chi connectivity index (χ2v) is 17.7. The Kier molecular flexibility index (Phi) is 14.1. The maximum absolute atomic E-state index is 13.6. The Bertz CT molecular complexity index is 2270. The summed E-state index contributed by atoms with van der Waals surface area (Å²) in [5, 5.41) is 5.42. The number of nitrogens with zero attached hydrogens (tertiary/aromatic N) is 4. The maximum Gasteiger partial charge on any atom is 0.407 e. The standard InChI is InChI=1S/C48H60N8O6/c1-29(2)41(53-47(59)61-5)45(57)55-23-7-9-39(55)43-49-27-37(51-43)21-19-35-25-31-11-15-33(35)17-13-32-12-16-34(18-14-31)36(26-32)20-22-38-28-50-44(52-38)40-10-8-24-56(40)46(58)42(30(3)4)54-48(60)62-6/h11-12,15,26-31,34,39-42H,7-10,13-14,16-18,23-25H2,1-6H3,(H,49,51)(H,50,52)(H,53,59)(H,54,60)/t31-,34+,39-,40-,41-,42-/m0/s1. The van der Waals surface area contributed by atoms with Gasteiger partial charge in [0.05, 0.1) is 38.7 Å². The van der Waals surface area contributed by atoms with Crippen LogP contribution in [0.25, 0.3) is 0 Å². The van der Waals surface area contributed by atoms with Crippen molar-refractivity contribution >= 4 is 24.0 Å². The van der Waals surface area contributed by atoms with E-state index < -0.39 is 24.3 Å². The number of imidazole rings is 2. The average molecular weight is 845 g/mol. The molecule has 6 atom stereocenters. The van der Waals surface area contributed by atoms with E-state index in [9.17, 15) is 19.2 Å². The monoisotopic (exact) mass is 844 g/mol. The van der Waals surface area contributed by atoms with Crippen LogP contribution in [-0.2, 0) is 19.1 Å². The highest BCUT2D eigenvalue weighted by atomic mass is 16.5. The molecule has 6 aliphatic carbocycles. The van der Waals surface area contributed by atoms with Crippen molar-refractivity contribution in [3.05, 3.63) is 82.0 Å². The van der Waals surface area contributed by atoms with Crippen LogP contribution < -0.4 is 10.6 Å². The van der Waals surface area contributed by atoms with Crippen molar-refractivity contribution in [2.24, 2.45) is 23.7 Å². The Hall–Kier alpha value is -6.02. The zero-order valence-corrected chi connectivity index (χ0v) is 36.8. The highest BCUT2D eigenvalue weighted by Gasteiger charge is 2.39. The fraction of sp³-hybridized carbons (Fsp3) is 0.542. The Morgan fingerprint density at radius 2 is 1.32 bits per heavy atom. The first-order chi connectivity index (χ1) is 29.9. The molecule has 2 saturated heterocycles. The van der Waals surface area contributed by atoms with Crippen molar-refractivity contribution in [1.29, 1.82) is 0 Å². The molecule has 0 unspecified atom stereocenters. The van der Waals surface area contributed by atoms with Crippen molar-refractivity contribution in [2.75, 3.05) is 27.3 Å². The summed E-state index contributed by atoms with van der Waals surface area (Å²) in [6.07, 6.45) is 20.4. The van der Waals surface area contributed by atoms with Crippen LogP contribution in [0.3, 0.4) is 0 Å². The average Bonchev–Trinajstić information content (AvgIpc) is 4.11. The smallest absolute Gasteiger partial charge is 0.407 e. The third-order valence-electron chi connectivity index (χ3n) is 12.8. The van der Waals surface area contributed by atoms with Gasteiger partial charge in [-0.15, -0.1) is 0 Å². The summed E-state index contributed by atoms with van der Waals surface area (Å²) in [5.41, 5.74) is 6.28. The lowest BCUT2D eigenvalue weighted by Gasteiger charge is -2.29. The SMILES string of the molecule is COC(=O)N[C@H](C(=O)N1CCC[C@H]1c1ncc(C#CC2=CC3=CC[C@@H]2CC[C@@H]2C=CC(=C(C#Cc4cnc([C@@H]5CCCN5C(=O)[C@@H](NC(=O)OC)C(C)C)[nH]4)C2)CC3)[nH]1)C(C)C. The number of carbonyl (C=O) groups excluding carboxylic acids is 4. The summed E-state index contributed by atoms with van der Waals surface area (Å²) in [6.45, 7) is 8.82. The number of allylic oxidation sites excluding steroid dienone is 8. The quantitative estimate of drug-likeness (QED) is 0.207. The van der Waals surface area contributed by atoms with Gasteiger partial charge >= 0.3 is 12.2 Å². The van der Waals surface area contributed by atoms with Gasteiger partial charge in [-0.2, -0.15) is 0 Å². The molecule has 10 rings (SSSR count). The maximum atomic E-state index is 13.6. The van der Waals surface area contributed by atoms with E-state index in [1.54, 1.807) is 12.4 Å². The molecule has 2 fully saturated rings.